The van der Waals surface area contributed by atoms with Crippen LogP contribution in [0.2, 0.25) is 25.7 Å². The number of benzene rings is 3. The lowest BCUT2D eigenvalue weighted by Crippen LogP contribution is -2.35. The number of nitrogens with zero attached hydrogens (tertiary/aromatic N) is 2. The summed E-state index contributed by atoms with van der Waals surface area (Å²) in [7, 11) is -5.37. The summed E-state index contributed by atoms with van der Waals surface area (Å²) in [5, 5.41) is 3.22. The zero-order valence-corrected chi connectivity index (χ0v) is 30.6. The van der Waals surface area contributed by atoms with E-state index in [1.165, 1.54) is 31.2 Å². The molecule has 264 valence electrons. The van der Waals surface area contributed by atoms with Gasteiger partial charge in [0, 0.05) is 19.7 Å². The molecule has 1 aliphatic heterocycles. The number of nitrogens with one attached hydrogen (secondary N) is 1. The fourth-order valence-electron chi connectivity index (χ4n) is 5.36. The van der Waals surface area contributed by atoms with Crippen LogP contribution >= 0.6 is 7.52 Å². The minimum Gasteiger partial charge on any atom is -0.491 e. The molecule has 1 unspecified atom stereocenters. The lowest BCUT2D eigenvalue weighted by atomic mass is 10.0. The highest BCUT2D eigenvalue weighted by atomic mass is 31.2. The molecule has 1 aliphatic rings. The number of fused-ring (bicyclic) bond motifs is 2. The maximum absolute atomic E-state index is 14.2. The Morgan fingerprint density at radius 2 is 1.60 bits per heavy atom. The molecule has 1 aromatic heterocycles. The van der Waals surface area contributed by atoms with Gasteiger partial charge in [-0.1, -0.05) is 50.0 Å². The molecular formula is C36H41FN3O8PSi. The van der Waals surface area contributed by atoms with Gasteiger partial charge >= 0.3 is 13.5 Å². The highest BCUT2D eigenvalue weighted by Gasteiger charge is 2.43. The molecule has 2 heterocycles. The molecule has 2 atom stereocenters. The van der Waals surface area contributed by atoms with Gasteiger partial charge in [0.2, 0.25) is 0 Å². The van der Waals surface area contributed by atoms with E-state index in [1.807, 2.05) is 0 Å². The Labute approximate surface area is 291 Å². The first-order valence-electron chi connectivity index (χ1n) is 16.4. The molecule has 0 saturated heterocycles. The van der Waals surface area contributed by atoms with E-state index in [2.05, 4.69) is 29.7 Å². The number of carbonyl (C=O) groups excluding carboxylic acids is 3. The number of hydrogen-bond donors (Lipinski definition) is 1. The van der Waals surface area contributed by atoms with E-state index in [-0.39, 0.29) is 48.5 Å². The van der Waals surface area contributed by atoms with Crippen LogP contribution in [0.25, 0.3) is 10.9 Å². The summed E-state index contributed by atoms with van der Waals surface area (Å²) in [6.07, 6.45) is 1.34. The van der Waals surface area contributed by atoms with Crippen molar-refractivity contribution < 1.29 is 42.1 Å². The van der Waals surface area contributed by atoms with Crippen LogP contribution < -0.4 is 19.1 Å². The van der Waals surface area contributed by atoms with Crippen LogP contribution in [0.15, 0.2) is 72.9 Å². The molecule has 0 fully saturated rings. The Bertz CT molecular complexity index is 1920. The van der Waals surface area contributed by atoms with Gasteiger partial charge in [0.15, 0.2) is 5.75 Å². The van der Waals surface area contributed by atoms with E-state index >= 15 is 0 Å². The minimum atomic E-state index is -3.83. The number of carbonyl (C=O) groups is 3. The number of halogens is 1. The molecule has 5 rings (SSSR count). The van der Waals surface area contributed by atoms with Crippen molar-refractivity contribution in [3.8, 4) is 17.2 Å². The van der Waals surface area contributed by atoms with Gasteiger partial charge in [0.05, 0.1) is 38.1 Å². The van der Waals surface area contributed by atoms with Gasteiger partial charge in [-0.05, 0) is 61.9 Å². The molecule has 14 heteroatoms. The van der Waals surface area contributed by atoms with Crippen molar-refractivity contribution in [2.45, 2.75) is 52.1 Å². The molecule has 50 heavy (non-hydrogen) atoms. The topological polar surface area (TPSA) is 133 Å². The van der Waals surface area contributed by atoms with Gasteiger partial charge in [-0.15, -0.1) is 0 Å². The fourth-order valence-corrected chi connectivity index (χ4v) is 7.83. The molecule has 0 saturated carbocycles. The second kappa shape index (κ2) is 15.5. The zero-order valence-electron chi connectivity index (χ0n) is 28.7. The quantitative estimate of drug-likeness (QED) is 0.0554. The van der Waals surface area contributed by atoms with E-state index in [1.54, 1.807) is 55.6 Å². The minimum absolute atomic E-state index is 0.00715. The van der Waals surface area contributed by atoms with E-state index < -0.39 is 45.2 Å². The summed E-state index contributed by atoms with van der Waals surface area (Å²) < 4.78 is 51.5. The second-order valence-corrected chi connectivity index (χ2v) is 20.9. The van der Waals surface area contributed by atoms with Crippen molar-refractivity contribution in [3.05, 3.63) is 95.4 Å². The van der Waals surface area contributed by atoms with Crippen LogP contribution in [-0.4, -0.2) is 67.8 Å². The Kier molecular flexibility index (Phi) is 11.4. The van der Waals surface area contributed by atoms with Crippen molar-refractivity contribution in [2.24, 2.45) is 0 Å². The van der Waals surface area contributed by atoms with Crippen LogP contribution in [0, 0.1) is 5.82 Å². The number of amides is 2. The number of pyridine rings is 1. The van der Waals surface area contributed by atoms with Crippen molar-refractivity contribution in [1.29, 1.82) is 0 Å². The second-order valence-electron chi connectivity index (χ2n) is 13.0. The predicted molar refractivity (Wildman–Crippen MR) is 190 cm³/mol. The number of ether oxygens (including phenoxy) is 3. The summed E-state index contributed by atoms with van der Waals surface area (Å²) in [6, 6.07) is 17.3. The molecule has 11 nitrogen and oxygen atoms in total. The lowest BCUT2D eigenvalue weighted by molar-refractivity contribution is -0.144. The van der Waals surface area contributed by atoms with Gasteiger partial charge < -0.3 is 18.7 Å². The molecule has 4 aromatic rings. The predicted octanol–water partition coefficient (Wildman–Crippen LogP) is 7.08. The van der Waals surface area contributed by atoms with Gasteiger partial charge in [-0.3, -0.25) is 28.8 Å². The average molecular weight is 722 g/mol. The van der Waals surface area contributed by atoms with Crippen molar-refractivity contribution >= 4 is 44.3 Å². The number of rotatable bonds is 16. The summed E-state index contributed by atoms with van der Waals surface area (Å²) in [5.74, 6) is -1.70. The molecule has 3 aromatic carbocycles. The van der Waals surface area contributed by atoms with Gasteiger partial charge in [-0.25, -0.2) is 9.48 Å². The number of para-hydroxylation sites is 1. The normalized spacial score (nSPS) is 14.6. The molecule has 0 radical (unpaired) electrons. The Morgan fingerprint density at radius 3 is 2.26 bits per heavy atom. The van der Waals surface area contributed by atoms with Gasteiger partial charge in [0.25, 0.3) is 11.8 Å². The molecule has 1 N–H and O–H groups in total. The zero-order chi connectivity index (χ0) is 36.1. The molecule has 2 amide bonds. The Balaban J connectivity index is 1.52. The monoisotopic (exact) mass is 721 g/mol. The third kappa shape index (κ3) is 8.58. The molecule has 0 aliphatic carbocycles. The Hall–Kier alpha value is -4.58. The molecular weight excluding hydrogens is 680 g/mol. The summed E-state index contributed by atoms with van der Waals surface area (Å²) >= 11 is 0. The standard InChI is InChI=1S/C36H41FN3O8PSi/c1-6-45-36(43)24(2)39-49(44,48-27-11-8-7-9-12-27)21-19-46-32-28-13-10-18-38-31(28)33(47-20-22-50(3,4)5)30-29(32)34(41)40(35(30)42)23-25-14-16-26(37)17-15-25/h7-18,24H,6,19-23H2,1-5H3,(H,39,44)/t24-,49?/m1/s1. The van der Waals surface area contributed by atoms with E-state index in [0.29, 0.717) is 28.8 Å². The van der Waals surface area contributed by atoms with E-state index in [9.17, 15) is 23.3 Å². The van der Waals surface area contributed by atoms with Crippen LogP contribution in [0.4, 0.5) is 4.39 Å². The first-order valence-corrected chi connectivity index (χ1v) is 21.9. The smallest absolute Gasteiger partial charge is 0.323 e. The summed E-state index contributed by atoms with van der Waals surface area (Å²) in [6.45, 7) is 9.92. The maximum atomic E-state index is 14.2. The van der Waals surface area contributed by atoms with Crippen LogP contribution in [0.3, 0.4) is 0 Å². The van der Waals surface area contributed by atoms with Gasteiger partial charge in [0.1, 0.15) is 34.4 Å². The van der Waals surface area contributed by atoms with Crippen LogP contribution in [-0.2, 0) is 20.6 Å². The van der Waals surface area contributed by atoms with Crippen molar-refractivity contribution in [3.63, 3.8) is 0 Å². The van der Waals surface area contributed by atoms with Crippen LogP contribution in [0.5, 0.6) is 17.2 Å². The van der Waals surface area contributed by atoms with Crippen molar-refractivity contribution in [2.75, 3.05) is 26.0 Å². The number of imide groups is 1. The maximum Gasteiger partial charge on any atom is 0.323 e. The Morgan fingerprint density at radius 1 is 0.940 bits per heavy atom. The number of esters is 1. The van der Waals surface area contributed by atoms with Gasteiger partial charge in [-0.2, -0.15) is 0 Å². The highest BCUT2D eigenvalue weighted by molar-refractivity contribution is 7.57. The fraction of sp³-hybridized carbons (Fsp3) is 0.333. The number of hydrogen-bond acceptors (Lipinski definition) is 9. The summed E-state index contributed by atoms with van der Waals surface area (Å²) in [4.78, 5) is 46.3. The molecule has 0 spiro atoms. The van der Waals surface area contributed by atoms with Crippen LogP contribution in [0.1, 0.15) is 40.1 Å². The van der Waals surface area contributed by atoms with Crippen molar-refractivity contribution in [1.82, 2.24) is 15.0 Å². The largest absolute Gasteiger partial charge is 0.491 e. The number of aromatic nitrogens is 1. The van der Waals surface area contributed by atoms with E-state index in [4.69, 9.17) is 18.7 Å². The average Bonchev–Trinajstić information content (AvgIpc) is 3.31. The molecule has 0 bridgehead atoms. The van der Waals surface area contributed by atoms with E-state index in [0.717, 1.165) is 10.9 Å². The SMILES string of the molecule is CCOC(=O)[C@@H](C)NP(=O)(CCOc1c2c(c(OCC[Si](C)(C)C)c3ncccc13)C(=O)N(Cc1ccc(F)cc1)C2=O)Oc1ccccc1. The highest BCUT2D eigenvalue weighted by Crippen LogP contribution is 2.47. The first-order chi connectivity index (χ1) is 23.8. The summed E-state index contributed by atoms with van der Waals surface area (Å²) in [5.41, 5.74) is 0.895. The first kappa shape index (κ1) is 36.7. The lowest BCUT2D eigenvalue weighted by Gasteiger charge is -2.24. The third-order valence-corrected chi connectivity index (χ3v) is 11.7. The third-order valence-electron chi connectivity index (χ3n) is 7.90.